The number of halogens is 1. The molecule has 1 aliphatic heterocycles. The van der Waals surface area contributed by atoms with Crippen LogP contribution in [0.5, 0.6) is 11.5 Å². The number of rotatable bonds is 2. The second-order valence-electron chi connectivity index (χ2n) is 5.59. The second kappa shape index (κ2) is 6.21. The largest absolute Gasteiger partial charge is 0.503 e. The predicted molar refractivity (Wildman–Crippen MR) is 88.9 cm³/mol. The van der Waals surface area contributed by atoms with Gasteiger partial charge in [-0.3, -0.25) is 4.79 Å². The summed E-state index contributed by atoms with van der Waals surface area (Å²) in [5, 5.41) is 19.5. The Morgan fingerprint density at radius 2 is 2.21 bits per heavy atom. The van der Waals surface area contributed by atoms with Crippen LogP contribution in [-0.4, -0.2) is 18.0 Å². The van der Waals surface area contributed by atoms with Crippen molar-refractivity contribution >= 4 is 21.7 Å². The Bertz CT molecular complexity index is 836. The molecule has 0 radical (unpaired) electrons. The fourth-order valence-electron chi connectivity index (χ4n) is 3.11. The van der Waals surface area contributed by atoms with Gasteiger partial charge in [0, 0.05) is 18.4 Å². The van der Waals surface area contributed by atoms with Gasteiger partial charge in [0.25, 0.3) is 0 Å². The van der Waals surface area contributed by atoms with Crippen molar-refractivity contribution < 1.29 is 19.4 Å². The highest BCUT2D eigenvalue weighted by Crippen LogP contribution is 2.46. The lowest BCUT2D eigenvalue weighted by Gasteiger charge is -2.31. The van der Waals surface area contributed by atoms with E-state index in [1.807, 2.05) is 0 Å². The summed E-state index contributed by atoms with van der Waals surface area (Å²) in [5.74, 6) is 0.0529. The minimum atomic E-state index is -0.627. The molecule has 2 aliphatic rings. The van der Waals surface area contributed by atoms with Gasteiger partial charge in [-0.2, -0.15) is 5.26 Å². The van der Waals surface area contributed by atoms with Gasteiger partial charge in [-0.05, 0) is 40.0 Å². The molecular formula is C17H15BrN2O4. The zero-order valence-electron chi connectivity index (χ0n) is 12.9. The van der Waals surface area contributed by atoms with E-state index in [-0.39, 0.29) is 28.7 Å². The number of nitrogens with zero attached hydrogens (tertiary/aromatic N) is 1. The van der Waals surface area contributed by atoms with Gasteiger partial charge < -0.3 is 20.3 Å². The third-order valence-electron chi connectivity index (χ3n) is 4.21. The summed E-state index contributed by atoms with van der Waals surface area (Å²) < 4.78 is 11.1. The minimum absolute atomic E-state index is 0.0131. The Kier molecular flexibility index (Phi) is 4.24. The van der Waals surface area contributed by atoms with Crippen LogP contribution in [0.25, 0.3) is 0 Å². The summed E-state index contributed by atoms with van der Waals surface area (Å²) in [4.78, 5) is 12.5. The first kappa shape index (κ1) is 16.4. The highest BCUT2D eigenvalue weighted by molar-refractivity contribution is 9.10. The maximum atomic E-state index is 12.5. The number of phenolic OH excluding ortho intramolecular Hbond substituents is 1. The van der Waals surface area contributed by atoms with E-state index in [4.69, 9.17) is 15.2 Å². The number of phenols is 1. The Hall–Kier alpha value is -2.46. The van der Waals surface area contributed by atoms with Gasteiger partial charge >= 0.3 is 0 Å². The number of carbonyl (C=O) groups excluding carboxylic acids is 1. The zero-order chi connectivity index (χ0) is 17.4. The van der Waals surface area contributed by atoms with Crippen molar-refractivity contribution in [3.8, 4) is 17.6 Å². The van der Waals surface area contributed by atoms with Crippen molar-refractivity contribution in [2.24, 2.45) is 5.73 Å². The molecule has 1 aromatic carbocycles. The lowest BCUT2D eigenvalue weighted by molar-refractivity contribution is -0.116. The zero-order valence-corrected chi connectivity index (χ0v) is 14.5. The maximum Gasteiger partial charge on any atom is 0.205 e. The molecule has 1 aromatic rings. The topological polar surface area (TPSA) is 106 Å². The van der Waals surface area contributed by atoms with E-state index in [0.717, 1.165) is 0 Å². The van der Waals surface area contributed by atoms with Gasteiger partial charge in [0.2, 0.25) is 5.88 Å². The van der Waals surface area contributed by atoms with E-state index in [1.54, 1.807) is 12.1 Å². The molecule has 0 bridgehead atoms. The number of methoxy groups -OCH3 is 1. The number of nitriles is 1. The molecule has 0 aromatic heterocycles. The van der Waals surface area contributed by atoms with Crippen LogP contribution in [-0.2, 0) is 9.53 Å². The van der Waals surface area contributed by atoms with Crippen LogP contribution in [0.3, 0.4) is 0 Å². The molecule has 0 amide bonds. The molecule has 7 heteroatoms. The first-order valence-electron chi connectivity index (χ1n) is 7.38. The Morgan fingerprint density at radius 3 is 2.88 bits per heavy atom. The van der Waals surface area contributed by atoms with Crippen molar-refractivity contribution in [2.75, 3.05) is 7.11 Å². The summed E-state index contributed by atoms with van der Waals surface area (Å²) in [6.07, 6.45) is 1.71. The molecule has 1 aliphatic carbocycles. The summed E-state index contributed by atoms with van der Waals surface area (Å²) in [7, 11) is 1.43. The van der Waals surface area contributed by atoms with E-state index in [9.17, 15) is 15.2 Å². The molecule has 1 heterocycles. The number of hydrogen-bond donors (Lipinski definition) is 2. The van der Waals surface area contributed by atoms with E-state index in [2.05, 4.69) is 22.0 Å². The van der Waals surface area contributed by atoms with Gasteiger partial charge in [0.15, 0.2) is 17.3 Å². The first-order chi connectivity index (χ1) is 11.5. The van der Waals surface area contributed by atoms with Crippen molar-refractivity contribution in [1.29, 1.82) is 5.26 Å². The number of nitrogens with two attached hydrogens (primary N) is 1. The Balaban J connectivity index is 2.23. The van der Waals surface area contributed by atoms with Crippen LogP contribution >= 0.6 is 15.9 Å². The molecule has 0 fully saturated rings. The number of hydrogen-bond acceptors (Lipinski definition) is 6. The summed E-state index contributed by atoms with van der Waals surface area (Å²) in [5.41, 5.74) is 7.18. The standard InChI is InChI=1S/C17H15BrN2O4/c1-23-13-6-8(5-10(18)16(13)22)14-9(7-19)17(20)24-12-4-2-3-11(21)15(12)14/h5-6,14,22H,2-4,20H2,1H3/t14-/m1/s1. The lowest BCUT2D eigenvalue weighted by atomic mass is 9.77. The third kappa shape index (κ3) is 2.53. The van der Waals surface area contributed by atoms with E-state index >= 15 is 0 Å². The maximum absolute atomic E-state index is 12.5. The summed E-state index contributed by atoms with van der Waals surface area (Å²) in [6.45, 7) is 0. The Labute approximate surface area is 147 Å². The average molecular weight is 391 g/mol. The van der Waals surface area contributed by atoms with Crippen molar-refractivity contribution in [1.82, 2.24) is 0 Å². The number of aromatic hydroxyl groups is 1. The number of carbonyl (C=O) groups is 1. The number of ether oxygens (including phenoxy) is 2. The minimum Gasteiger partial charge on any atom is -0.503 e. The van der Waals surface area contributed by atoms with Crippen molar-refractivity contribution in [2.45, 2.75) is 25.2 Å². The number of allylic oxidation sites excluding steroid dienone is 3. The normalized spacial score (nSPS) is 20.4. The quantitative estimate of drug-likeness (QED) is 0.803. The van der Waals surface area contributed by atoms with Gasteiger partial charge in [-0.25, -0.2) is 0 Å². The molecule has 24 heavy (non-hydrogen) atoms. The molecule has 0 saturated carbocycles. The second-order valence-corrected chi connectivity index (χ2v) is 6.45. The first-order valence-corrected chi connectivity index (χ1v) is 8.17. The van der Waals surface area contributed by atoms with Crippen LogP contribution in [0.1, 0.15) is 30.7 Å². The summed E-state index contributed by atoms with van der Waals surface area (Å²) >= 11 is 3.27. The number of ketones is 1. The van der Waals surface area contributed by atoms with Gasteiger partial charge in [-0.1, -0.05) is 0 Å². The molecule has 124 valence electrons. The molecule has 3 N–H and O–H groups in total. The van der Waals surface area contributed by atoms with Crippen LogP contribution in [0, 0.1) is 11.3 Å². The van der Waals surface area contributed by atoms with Gasteiger partial charge in [0.1, 0.15) is 17.4 Å². The average Bonchev–Trinajstić information content (AvgIpc) is 2.56. The van der Waals surface area contributed by atoms with Crippen LogP contribution in [0.4, 0.5) is 0 Å². The highest BCUT2D eigenvalue weighted by atomic mass is 79.9. The van der Waals surface area contributed by atoms with E-state index < -0.39 is 5.92 Å². The summed E-state index contributed by atoms with van der Waals surface area (Å²) in [6, 6.07) is 5.31. The third-order valence-corrected chi connectivity index (χ3v) is 4.81. The van der Waals surface area contributed by atoms with Gasteiger partial charge in [-0.15, -0.1) is 0 Å². The molecule has 1 atom stereocenters. The molecule has 0 spiro atoms. The fourth-order valence-corrected chi connectivity index (χ4v) is 3.57. The molecule has 0 unspecified atom stereocenters. The SMILES string of the molecule is COc1cc([C@@H]2C(C#N)=C(N)OC3=C2C(=O)CCC3)cc(Br)c1O. The number of benzene rings is 1. The fraction of sp³-hybridized carbons (Fsp3) is 0.294. The monoisotopic (exact) mass is 390 g/mol. The van der Waals surface area contributed by atoms with Crippen LogP contribution in [0.2, 0.25) is 0 Å². The van der Waals surface area contributed by atoms with Gasteiger partial charge in [0.05, 0.1) is 17.5 Å². The smallest absolute Gasteiger partial charge is 0.205 e. The van der Waals surface area contributed by atoms with Crippen molar-refractivity contribution in [3.05, 3.63) is 45.0 Å². The molecule has 6 nitrogen and oxygen atoms in total. The lowest BCUT2D eigenvalue weighted by Crippen LogP contribution is -2.27. The predicted octanol–water partition coefficient (Wildman–Crippen LogP) is 2.98. The number of Topliss-reactive ketones (excluding diaryl/α,β-unsaturated/α-hetero) is 1. The van der Waals surface area contributed by atoms with Crippen LogP contribution in [0.15, 0.2) is 39.4 Å². The van der Waals surface area contributed by atoms with Crippen molar-refractivity contribution in [3.63, 3.8) is 0 Å². The van der Waals surface area contributed by atoms with E-state index in [1.165, 1.54) is 7.11 Å². The van der Waals surface area contributed by atoms with Crippen LogP contribution < -0.4 is 10.5 Å². The molecular weight excluding hydrogens is 376 g/mol. The molecule has 0 saturated heterocycles. The molecule has 3 rings (SSSR count). The Morgan fingerprint density at radius 1 is 1.46 bits per heavy atom. The van der Waals surface area contributed by atoms with E-state index in [0.29, 0.717) is 40.6 Å². The highest BCUT2D eigenvalue weighted by Gasteiger charge is 2.38.